The fraction of sp³-hybridized carbons (Fsp3) is 0.316. The summed E-state index contributed by atoms with van der Waals surface area (Å²) in [4.78, 5) is 16.1. The Bertz CT molecular complexity index is 673. The van der Waals surface area contributed by atoms with Crippen LogP contribution < -0.4 is 4.74 Å². The lowest BCUT2D eigenvalue weighted by Crippen LogP contribution is -2.36. The van der Waals surface area contributed by atoms with Crippen molar-refractivity contribution in [3.63, 3.8) is 0 Å². The Balaban J connectivity index is 1.89. The molecule has 0 fully saturated rings. The number of nitrogens with zero attached hydrogens (tertiary/aromatic N) is 2. The molecule has 0 bridgehead atoms. The molecule has 0 unspecified atom stereocenters. The fourth-order valence-corrected chi connectivity index (χ4v) is 2.61. The largest absolute Gasteiger partial charge is 0.496 e. The van der Waals surface area contributed by atoms with E-state index in [1.54, 1.807) is 12.0 Å². The number of carbonyl (C=O) groups is 1. The first-order valence-corrected chi connectivity index (χ1v) is 8.16. The average Bonchev–Trinajstić information content (AvgIpc) is 2.57. The quantitative estimate of drug-likeness (QED) is 0.770. The second kappa shape index (κ2) is 8.71. The van der Waals surface area contributed by atoms with Gasteiger partial charge in [-0.3, -0.25) is 9.69 Å². The molecule has 0 saturated carbocycles. The van der Waals surface area contributed by atoms with Gasteiger partial charge in [-0.05, 0) is 30.8 Å². The van der Waals surface area contributed by atoms with Gasteiger partial charge in [0.15, 0.2) is 0 Å². The van der Waals surface area contributed by atoms with Crippen molar-refractivity contribution in [1.82, 2.24) is 9.80 Å². The summed E-state index contributed by atoms with van der Waals surface area (Å²) in [6.07, 6.45) is 0. The van der Waals surface area contributed by atoms with E-state index in [2.05, 4.69) is 0 Å². The van der Waals surface area contributed by atoms with Gasteiger partial charge in [0.05, 0.1) is 13.7 Å². The van der Waals surface area contributed by atoms with Gasteiger partial charge in [0, 0.05) is 30.7 Å². The summed E-state index contributed by atoms with van der Waals surface area (Å²) in [5, 5.41) is 0.717. The smallest absolute Gasteiger partial charge is 0.236 e. The molecule has 0 saturated heterocycles. The van der Waals surface area contributed by atoms with Gasteiger partial charge in [-0.2, -0.15) is 0 Å². The fourth-order valence-electron chi connectivity index (χ4n) is 2.49. The number of hydrogen-bond acceptors (Lipinski definition) is 3. The molecule has 0 aromatic heterocycles. The molecule has 2 aromatic rings. The van der Waals surface area contributed by atoms with Crippen molar-refractivity contribution < 1.29 is 9.53 Å². The van der Waals surface area contributed by atoms with Crippen molar-refractivity contribution in [2.75, 3.05) is 27.7 Å². The summed E-state index contributed by atoms with van der Waals surface area (Å²) in [7, 11) is 5.38. The molecule has 4 nitrogen and oxygen atoms in total. The minimum atomic E-state index is 0.0670. The zero-order valence-corrected chi connectivity index (χ0v) is 15.1. The molecule has 5 heteroatoms. The normalized spacial score (nSPS) is 10.7. The minimum absolute atomic E-state index is 0.0670. The Hall–Kier alpha value is -2.04. The van der Waals surface area contributed by atoms with Crippen LogP contribution in [0.3, 0.4) is 0 Å². The van der Waals surface area contributed by atoms with Crippen LogP contribution in [-0.2, 0) is 17.9 Å². The Kier molecular flexibility index (Phi) is 6.64. The van der Waals surface area contributed by atoms with Crippen LogP contribution in [0.15, 0.2) is 48.5 Å². The number of amides is 1. The third kappa shape index (κ3) is 5.25. The molecule has 0 aliphatic heterocycles. The number of halogens is 1. The average molecular weight is 347 g/mol. The van der Waals surface area contributed by atoms with Crippen molar-refractivity contribution in [1.29, 1.82) is 0 Å². The van der Waals surface area contributed by atoms with Gasteiger partial charge in [0.25, 0.3) is 0 Å². The molecule has 128 valence electrons. The highest BCUT2D eigenvalue weighted by atomic mass is 35.5. The van der Waals surface area contributed by atoms with Gasteiger partial charge in [-0.15, -0.1) is 0 Å². The van der Waals surface area contributed by atoms with Gasteiger partial charge < -0.3 is 9.64 Å². The summed E-state index contributed by atoms with van der Waals surface area (Å²) in [6, 6.07) is 15.4. The number of hydrogen-bond donors (Lipinski definition) is 0. The zero-order chi connectivity index (χ0) is 17.5. The standard InChI is InChI=1S/C19H23ClN2O2/c1-21(12-15-8-10-17(20)11-9-15)14-19(23)22(2)13-16-6-4-5-7-18(16)24-3/h4-11H,12-14H2,1-3H3. The van der Waals surface area contributed by atoms with Gasteiger partial charge in [-0.1, -0.05) is 41.9 Å². The van der Waals surface area contributed by atoms with E-state index >= 15 is 0 Å². The van der Waals surface area contributed by atoms with Crippen molar-refractivity contribution in [2.24, 2.45) is 0 Å². The highest BCUT2D eigenvalue weighted by Crippen LogP contribution is 2.19. The van der Waals surface area contributed by atoms with Crippen molar-refractivity contribution in [3.05, 3.63) is 64.7 Å². The Morgan fingerprint density at radius 2 is 1.71 bits per heavy atom. The van der Waals surface area contributed by atoms with E-state index in [1.165, 1.54) is 0 Å². The van der Waals surface area contributed by atoms with E-state index in [0.717, 1.165) is 16.9 Å². The maximum Gasteiger partial charge on any atom is 0.236 e. The molecular weight excluding hydrogens is 324 g/mol. The van der Waals surface area contributed by atoms with Crippen LogP contribution in [-0.4, -0.2) is 43.5 Å². The summed E-state index contributed by atoms with van der Waals surface area (Å²) in [5.74, 6) is 0.865. The second-order valence-corrected chi connectivity index (χ2v) is 6.30. The van der Waals surface area contributed by atoms with Crippen LogP contribution in [0.2, 0.25) is 5.02 Å². The van der Waals surface area contributed by atoms with Gasteiger partial charge in [0.1, 0.15) is 5.75 Å². The third-order valence-corrected chi connectivity index (χ3v) is 4.05. The van der Waals surface area contributed by atoms with Crippen LogP contribution >= 0.6 is 11.6 Å². The van der Waals surface area contributed by atoms with E-state index in [9.17, 15) is 4.79 Å². The van der Waals surface area contributed by atoms with Crippen molar-refractivity contribution in [2.45, 2.75) is 13.1 Å². The Morgan fingerprint density at radius 3 is 2.38 bits per heavy atom. The molecule has 0 N–H and O–H groups in total. The summed E-state index contributed by atoms with van der Waals surface area (Å²) in [6.45, 7) is 1.58. The van der Waals surface area contributed by atoms with Crippen LogP contribution in [0.4, 0.5) is 0 Å². The maximum absolute atomic E-state index is 12.4. The van der Waals surface area contributed by atoms with Crippen molar-refractivity contribution in [3.8, 4) is 5.75 Å². The number of methoxy groups -OCH3 is 1. The highest BCUT2D eigenvalue weighted by molar-refractivity contribution is 6.30. The van der Waals surface area contributed by atoms with Crippen LogP contribution in [0.1, 0.15) is 11.1 Å². The predicted molar refractivity (Wildman–Crippen MR) is 97.3 cm³/mol. The molecule has 24 heavy (non-hydrogen) atoms. The summed E-state index contributed by atoms with van der Waals surface area (Å²) < 4.78 is 5.34. The number of para-hydroxylation sites is 1. The van der Waals surface area contributed by atoms with Crippen LogP contribution in [0.5, 0.6) is 5.75 Å². The third-order valence-electron chi connectivity index (χ3n) is 3.80. The first-order chi connectivity index (χ1) is 11.5. The monoisotopic (exact) mass is 346 g/mol. The molecule has 0 radical (unpaired) electrons. The molecule has 1 amide bonds. The van der Waals surface area contributed by atoms with Crippen LogP contribution in [0.25, 0.3) is 0 Å². The first-order valence-electron chi connectivity index (χ1n) is 7.78. The number of rotatable bonds is 7. The maximum atomic E-state index is 12.4. The Labute approximate surface area is 148 Å². The molecule has 0 atom stereocenters. The van der Waals surface area contributed by atoms with Gasteiger partial charge in [0.2, 0.25) is 5.91 Å². The molecule has 2 rings (SSSR count). The predicted octanol–water partition coefficient (Wildman–Crippen LogP) is 3.44. The zero-order valence-electron chi connectivity index (χ0n) is 14.3. The minimum Gasteiger partial charge on any atom is -0.496 e. The first kappa shape index (κ1) is 18.3. The Morgan fingerprint density at radius 1 is 1.04 bits per heavy atom. The lowest BCUT2D eigenvalue weighted by molar-refractivity contribution is -0.131. The molecule has 0 aliphatic carbocycles. The van der Waals surface area contributed by atoms with E-state index in [0.29, 0.717) is 24.7 Å². The molecule has 0 spiro atoms. The van der Waals surface area contributed by atoms with Gasteiger partial charge in [-0.25, -0.2) is 0 Å². The van der Waals surface area contributed by atoms with Crippen molar-refractivity contribution >= 4 is 17.5 Å². The lowest BCUT2D eigenvalue weighted by Gasteiger charge is -2.22. The van der Waals surface area contributed by atoms with E-state index in [1.807, 2.05) is 67.5 Å². The van der Waals surface area contributed by atoms with Gasteiger partial charge >= 0.3 is 0 Å². The van der Waals surface area contributed by atoms with E-state index < -0.39 is 0 Å². The van der Waals surface area contributed by atoms with E-state index in [4.69, 9.17) is 16.3 Å². The highest BCUT2D eigenvalue weighted by Gasteiger charge is 2.14. The molecular formula is C19H23ClN2O2. The lowest BCUT2D eigenvalue weighted by atomic mass is 10.2. The molecule has 0 aliphatic rings. The van der Waals surface area contributed by atoms with Crippen LogP contribution in [0, 0.1) is 0 Å². The number of likely N-dealkylation sites (N-methyl/N-ethyl adjacent to an activating group) is 2. The summed E-state index contributed by atoms with van der Waals surface area (Å²) >= 11 is 5.89. The topological polar surface area (TPSA) is 32.8 Å². The molecule has 2 aromatic carbocycles. The number of ether oxygens (including phenoxy) is 1. The summed E-state index contributed by atoms with van der Waals surface area (Å²) in [5.41, 5.74) is 2.12. The number of benzene rings is 2. The number of carbonyl (C=O) groups excluding carboxylic acids is 1. The molecule has 0 heterocycles. The second-order valence-electron chi connectivity index (χ2n) is 5.86. The SMILES string of the molecule is COc1ccccc1CN(C)C(=O)CN(C)Cc1ccc(Cl)cc1. The van der Waals surface area contributed by atoms with E-state index in [-0.39, 0.29) is 5.91 Å².